The molecule has 1 aromatic rings. The third kappa shape index (κ3) is 7.23. The number of likely N-dealkylation sites (tertiary alicyclic amines) is 1. The molecule has 0 aromatic carbocycles. The van der Waals surface area contributed by atoms with Crippen LogP contribution in [-0.2, 0) is 6.42 Å². The van der Waals surface area contributed by atoms with E-state index < -0.39 is 0 Å². The summed E-state index contributed by atoms with van der Waals surface area (Å²) in [5, 5.41) is 7.99. The number of aliphatic imine (C=N–C) groups is 1. The van der Waals surface area contributed by atoms with Gasteiger partial charge < -0.3 is 15.5 Å². The fourth-order valence-corrected chi connectivity index (χ4v) is 3.91. The van der Waals surface area contributed by atoms with Crippen LogP contribution in [0.25, 0.3) is 0 Å². The first-order valence-corrected chi connectivity index (χ1v) is 9.50. The van der Waals surface area contributed by atoms with Crippen molar-refractivity contribution in [3.63, 3.8) is 0 Å². The molecule has 138 valence electrons. The Bertz CT molecular complexity index is 498. The Hall–Kier alpha value is -0.410. The van der Waals surface area contributed by atoms with Gasteiger partial charge in [0.2, 0.25) is 0 Å². The summed E-state index contributed by atoms with van der Waals surface area (Å²) >= 11 is 1.79. The molecule has 1 aliphatic rings. The highest BCUT2D eigenvalue weighted by atomic mass is 127. The van der Waals surface area contributed by atoms with Crippen LogP contribution in [0.2, 0.25) is 0 Å². The van der Waals surface area contributed by atoms with Crippen LogP contribution in [0, 0.1) is 19.8 Å². The van der Waals surface area contributed by atoms with Gasteiger partial charge in [-0.15, -0.1) is 35.3 Å². The minimum atomic E-state index is 0. The summed E-state index contributed by atoms with van der Waals surface area (Å²) in [6.07, 6.45) is 3.66. The molecule has 0 aliphatic carbocycles. The molecule has 5 nitrogen and oxygen atoms in total. The second-order valence-corrected chi connectivity index (χ2v) is 7.76. The fourth-order valence-electron chi connectivity index (χ4n) is 2.98. The summed E-state index contributed by atoms with van der Waals surface area (Å²) in [7, 11) is 1.83. The molecule has 24 heavy (non-hydrogen) atoms. The van der Waals surface area contributed by atoms with Gasteiger partial charge in [-0.25, -0.2) is 4.98 Å². The topological polar surface area (TPSA) is 52.6 Å². The van der Waals surface area contributed by atoms with E-state index in [1.165, 1.54) is 35.8 Å². The molecule has 0 amide bonds. The number of aromatic nitrogens is 1. The van der Waals surface area contributed by atoms with Crippen molar-refractivity contribution in [3.8, 4) is 0 Å². The smallest absolute Gasteiger partial charge is 0.191 e. The summed E-state index contributed by atoms with van der Waals surface area (Å²) in [4.78, 5) is 12.7. The molecule has 7 heteroatoms. The minimum absolute atomic E-state index is 0. The lowest BCUT2D eigenvalue weighted by atomic mass is 10.0. The quantitative estimate of drug-likeness (QED) is 0.386. The van der Waals surface area contributed by atoms with Gasteiger partial charge in [0, 0.05) is 44.5 Å². The van der Waals surface area contributed by atoms with Gasteiger partial charge in [-0.2, -0.15) is 0 Å². The van der Waals surface area contributed by atoms with Crippen molar-refractivity contribution >= 4 is 41.3 Å². The molecule has 1 aromatic heterocycles. The lowest BCUT2D eigenvalue weighted by molar-refractivity contribution is 0.187. The van der Waals surface area contributed by atoms with Crippen molar-refractivity contribution in [2.75, 3.05) is 39.8 Å². The van der Waals surface area contributed by atoms with Crippen LogP contribution in [0.1, 0.15) is 35.3 Å². The number of nitrogens with one attached hydrogen (secondary N) is 2. The SMILES string of the molecule is CN=C(NCCc1nc(C)c(C)s1)NCCN1CCCC(C)C1.I. The largest absolute Gasteiger partial charge is 0.356 e. The lowest BCUT2D eigenvalue weighted by Crippen LogP contribution is -2.44. The summed E-state index contributed by atoms with van der Waals surface area (Å²) in [6, 6.07) is 0. The first-order chi connectivity index (χ1) is 11.1. The zero-order valence-corrected chi connectivity index (χ0v) is 18.5. The van der Waals surface area contributed by atoms with E-state index >= 15 is 0 Å². The second-order valence-electron chi connectivity index (χ2n) is 6.47. The highest BCUT2D eigenvalue weighted by Gasteiger charge is 2.15. The van der Waals surface area contributed by atoms with Crippen molar-refractivity contribution in [1.29, 1.82) is 0 Å². The number of nitrogens with zero attached hydrogens (tertiary/aromatic N) is 3. The third-order valence-corrected chi connectivity index (χ3v) is 5.52. The first kappa shape index (κ1) is 21.6. The van der Waals surface area contributed by atoms with Crippen LogP contribution in [0.4, 0.5) is 0 Å². The molecule has 2 rings (SSSR count). The van der Waals surface area contributed by atoms with Gasteiger partial charge in [-0.1, -0.05) is 6.92 Å². The Labute approximate surface area is 167 Å². The molecular formula is C17H32IN5S. The first-order valence-electron chi connectivity index (χ1n) is 8.68. The third-order valence-electron chi connectivity index (χ3n) is 4.39. The Morgan fingerprint density at radius 1 is 1.33 bits per heavy atom. The highest BCUT2D eigenvalue weighted by molar-refractivity contribution is 14.0. The van der Waals surface area contributed by atoms with Crippen molar-refractivity contribution in [2.45, 2.75) is 40.0 Å². The molecule has 1 atom stereocenters. The fraction of sp³-hybridized carbons (Fsp3) is 0.765. The zero-order chi connectivity index (χ0) is 16.7. The Balaban J connectivity index is 0.00000288. The maximum absolute atomic E-state index is 4.57. The van der Waals surface area contributed by atoms with Gasteiger partial charge in [-0.05, 0) is 39.2 Å². The van der Waals surface area contributed by atoms with E-state index in [1.54, 1.807) is 11.3 Å². The van der Waals surface area contributed by atoms with Gasteiger partial charge in [0.1, 0.15) is 0 Å². The molecular weight excluding hydrogens is 433 g/mol. The summed E-state index contributed by atoms with van der Waals surface area (Å²) < 4.78 is 0. The lowest BCUT2D eigenvalue weighted by Gasteiger charge is -2.30. The molecule has 0 spiro atoms. The van der Waals surface area contributed by atoms with Crippen LogP contribution < -0.4 is 10.6 Å². The predicted octanol–water partition coefficient (Wildman–Crippen LogP) is 2.82. The second kappa shape index (κ2) is 11.3. The Kier molecular flexibility index (Phi) is 10.1. The van der Waals surface area contributed by atoms with Crippen LogP contribution in [0.5, 0.6) is 0 Å². The normalized spacial score (nSPS) is 19.0. The number of halogens is 1. The van der Waals surface area contributed by atoms with E-state index in [0.717, 1.165) is 43.6 Å². The van der Waals surface area contributed by atoms with E-state index in [4.69, 9.17) is 0 Å². The standard InChI is InChI=1S/C17H31N5S.HI/c1-13-6-5-10-22(12-13)11-9-20-17(18-4)19-8-7-16-21-14(2)15(3)23-16;/h13H,5-12H2,1-4H3,(H2,18,19,20);1H. The van der Waals surface area contributed by atoms with E-state index in [0.29, 0.717) is 0 Å². The number of piperidine rings is 1. The maximum atomic E-state index is 4.57. The summed E-state index contributed by atoms with van der Waals surface area (Å²) in [6.45, 7) is 11.9. The van der Waals surface area contributed by atoms with E-state index in [-0.39, 0.29) is 24.0 Å². The van der Waals surface area contributed by atoms with Gasteiger partial charge >= 0.3 is 0 Å². The monoisotopic (exact) mass is 465 g/mol. The van der Waals surface area contributed by atoms with E-state index in [9.17, 15) is 0 Å². The average molecular weight is 465 g/mol. The minimum Gasteiger partial charge on any atom is -0.356 e. The summed E-state index contributed by atoms with van der Waals surface area (Å²) in [5.41, 5.74) is 1.16. The maximum Gasteiger partial charge on any atom is 0.191 e. The number of hydrogen-bond donors (Lipinski definition) is 2. The number of rotatable bonds is 6. The van der Waals surface area contributed by atoms with E-state index in [2.05, 4.69) is 46.3 Å². The average Bonchev–Trinajstić information content (AvgIpc) is 2.84. The molecule has 1 unspecified atom stereocenters. The number of thiazole rings is 1. The van der Waals surface area contributed by atoms with Crippen LogP contribution >= 0.6 is 35.3 Å². The van der Waals surface area contributed by atoms with Crippen LogP contribution in [-0.4, -0.2) is 55.6 Å². The van der Waals surface area contributed by atoms with Gasteiger partial charge in [0.15, 0.2) is 5.96 Å². The zero-order valence-electron chi connectivity index (χ0n) is 15.4. The Morgan fingerprint density at radius 3 is 2.71 bits per heavy atom. The number of guanidine groups is 1. The number of aryl methyl sites for hydroxylation is 2. The predicted molar refractivity (Wildman–Crippen MR) is 115 cm³/mol. The van der Waals surface area contributed by atoms with Crippen molar-refractivity contribution in [3.05, 3.63) is 15.6 Å². The molecule has 1 fully saturated rings. The molecule has 0 saturated carbocycles. The van der Waals surface area contributed by atoms with Gasteiger partial charge in [-0.3, -0.25) is 4.99 Å². The molecule has 2 N–H and O–H groups in total. The van der Waals surface area contributed by atoms with Crippen molar-refractivity contribution < 1.29 is 0 Å². The molecule has 1 aliphatic heterocycles. The molecule has 2 heterocycles. The van der Waals surface area contributed by atoms with Crippen LogP contribution in [0.3, 0.4) is 0 Å². The van der Waals surface area contributed by atoms with Crippen molar-refractivity contribution in [1.82, 2.24) is 20.5 Å². The van der Waals surface area contributed by atoms with Crippen LogP contribution in [0.15, 0.2) is 4.99 Å². The van der Waals surface area contributed by atoms with Gasteiger partial charge in [0.25, 0.3) is 0 Å². The number of hydrogen-bond acceptors (Lipinski definition) is 4. The molecule has 0 bridgehead atoms. The van der Waals surface area contributed by atoms with Gasteiger partial charge in [0.05, 0.1) is 10.7 Å². The molecule has 0 radical (unpaired) electrons. The summed E-state index contributed by atoms with van der Waals surface area (Å²) in [5.74, 6) is 1.73. The highest BCUT2D eigenvalue weighted by Crippen LogP contribution is 2.16. The Morgan fingerprint density at radius 2 is 2.08 bits per heavy atom. The van der Waals surface area contributed by atoms with Crippen molar-refractivity contribution in [2.24, 2.45) is 10.9 Å². The molecule has 1 saturated heterocycles. The van der Waals surface area contributed by atoms with E-state index in [1.807, 2.05) is 7.05 Å².